The molecule has 2 aromatic heterocycles. The van der Waals surface area contributed by atoms with Gasteiger partial charge in [-0.3, -0.25) is 14.0 Å². The number of piperazine rings is 1. The van der Waals surface area contributed by atoms with Gasteiger partial charge >= 0.3 is 0 Å². The van der Waals surface area contributed by atoms with Crippen LogP contribution in [-0.4, -0.2) is 64.5 Å². The molecule has 0 aliphatic carbocycles. The molecule has 3 heterocycles. The number of carbonyl (C=O) groups is 2. The van der Waals surface area contributed by atoms with E-state index in [-0.39, 0.29) is 18.7 Å². The molecular formula is C17H21FN6O2. The van der Waals surface area contributed by atoms with Gasteiger partial charge in [0.1, 0.15) is 11.3 Å². The number of hydrogen-bond donors (Lipinski definition) is 2. The summed E-state index contributed by atoms with van der Waals surface area (Å²) in [5, 5.41) is 0. The van der Waals surface area contributed by atoms with Gasteiger partial charge < -0.3 is 20.5 Å². The van der Waals surface area contributed by atoms with Crippen LogP contribution in [0.1, 0.15) is 18.4 Å². The van der Waals surface area contributed by atoms with E-state index in [1.807, 2.05) is 0 Å². The highest BCUT2D eigenvalue weighted by Crippen LogP contribution is 2.20. The maximum absolute atomic E-state index is 12.2. The molecule has 0 saturated carbocycles. The molecule has 1 aliphatic heterocycles. The highest BCUT2D eigenvalue weighted by Gasteiger charge is 2.22. The first-order valence-corrected chi connectivity index (χ1v) is 8.49. The minimum absolute atomic E-state index is 0.00616. The van der Waals surface area contributed by atoms with Crippen molar-refractivity contribution in [2.75, 3.05) is 37.8 Å². The summed E-state index contributed by atoms with van der Waals surface area (Å²) in [5.74, 6) is 0.173. The number of fused-ring (bicyclic) bond motifs is 1. The predicted octanol–water partition coefficient (Wildman–Crippen LogP) is 0.855. The maximum Gasteiger partial charge on any atom is 0.241 e. The van der Waals surface area contributed by atoms with Gasteiger partial charge in [-0.2, -0.15) is 0 Å². The van der Waals surface area contributed by atoms with E-state index in [2.05, 4.69) is 19.9 Å². The zero-order valence-electron chi connectivity index (χ0n) is 14.3. The van der Waals surface area contributed by atoms with E-state index in [0.717, 1.165) is 5.56 Å². The molecule has 8 nitrogen and oxygen atoms in total. The molecule has 1 aliphatic rings. The van der Waals surface area contributed by atoms with Gasteiger partial charge in [0.15, 0.2) is 5.65 Å². The number of nitrogens with one attached hydrogen (secondary N) is 1. The van der Waals surface area contributed by atoms with E-state index in [0.29, 0.717) is 43.2 Å². The van der Waals surface area contributed by atoms with E-state index in [9.17, 15) is 14.0 Å². The third kappa shape index (κ3) is 3.98. The standard InChI is InChI=1S/C17H21FN6O2/c18-5-1-2-15(26)24-8-6-23(7-9-24)14-11-21-17-16(22-14)12(10-20-17)3-4-13(19)25/h3-4,10-11H,1-2,5-9H2,(H2,19,25)(H,20,21). The van der Waals surface area contributed by atoms with Crippen molar-refractivity contribution in [1.29, 1.82) is 0 Å². The van der Waals surface area contributed by atoms with Gasteiger partial charge in [-0.05, 0) is 12.5 Å². The van der Waals surface area contributed by atoms with Gasteiger partial charge in [-0.1, -0.05) is 0 Å². The monoisotopic (exact) mass is 360 g/mol. The van der Waals surface area contributed by atoms with Gasteiger partial charge in [0, 0.05) is 50.4 Å². The van der Waals surface area contributed by atoms with Crippen LogP contribution in [0.5, 0.6) is 0 Å². The molecule has 9 heteroatoms. The lowest BCUT2D eigenvalue weighted by Gasteiger charge is -2.35. The fourth-order valence-corrected chi connectivity index (χ4v) is 2.91. The molecule has 0 unspecified atom stereocenters. The van der Waals surface area contributed by atoms with Crippen molar-refractivity contribution in [1.82, 2.24) is 19.9 Å². The lowest BCUT2D eigenvalue weighted by atomic mass is 10.2. The third-order valence-electron chi connectivity index (χ3n) is 4.31. The van der Waals surface area contributed by atoms with Gasteiger partial charge in [-0.15, -0.1) is 0 Å². The van der Waals surface area contributed by atoms with Crippen molar-refractivity contribution >= 4 is 34.9 Å². The molecule has 0 spiro atoms. The molecule has 0 atom stereocenters. The number of hydrogen-bond acceptors (Lipinski definition) is 5. The van der Waals surface area contributed by atoms with Crippen LogP contribution in [0.2, 0.25) is 0 Å². The van der Waals surface area contributed by atoms with Crippen molar-refractivity contribution in [2.45, 2.75) is 12.8 Å². The van der Waals surface area contributed by atoms with Crippen LogP contribution < -0.4 is 10.6 Å². The average Bonchev–Trinajstić information content (AvgIpc) is 3.06. The highest BCUT2D eigenvalue weighted by atomic mass is 19.1. The Balaban J connectivity index is 1.70. The fraction of sp³-hybridized carbons (Fsp3) is 0.412. The zero-order valence-corrected chi connectivity index (χ0v) is 14.3. The lowest BCUT2D eigenvalue weighted by Crippen LogP contribution is -2.49. The number of aromatic amines is 1. The number of nitrogens with zero attached hydrogens (tertiary/aromatic N) is 4. The van der Waals surface area contributed by atoms with Crippen LogP contribution in [-0.2, 0) is 9.59 Å². The van der Waals surface area contributed by atoms with Crippen LogP contribution in [0, 0.1) is 0 Å². The predicted molar refractivity (Wildman–Crippen MR) is 96.1 cm³/mol. The topological polar surface area (TPSA) is 108 Å². The molecule has 0 bridgehead atoms. The van der Waals surface area contributed by atoms with E-state index < -0.39 is 12.6 Å². The summed E-state index contributed by atoms with van der Waals surface area (Å²) < 4.78 is 12.2. The number of aromatic nitrogens is 3. The molecule has 0 radical (unpaired) electrons. The second-order valence-electron chi connectivity index (χ2n) is 6.07. The summed E-state index contributed by atoms with van der Waals surface area (Å²) in [6.07, 6.45) is 6.80. The van der Waals surface area contributed by atoms with Gasteiger partial charge in [0.05, 0.1) is 12.9 Å². The second kappa shape index (κ2) is 7.94. The lowest BCUT2D eigenvalue weighted by molar-refractivity contribution is -0.131. The average molecular weight is 360 g/mol. The molecule has 1 fully saturated rings. The van der Waals surface area contributed by atoms with Gasteiger partial charge in [0.25, 0.3) is 0 Å². The molecular weight excluding hydrogens is 339 g/mol. The van der Waals surface area contributed by atoms with Gasteiger partial charge in [-0.25, -0.2) is 9.97 Å². The Morgan fingerprint density at radius 1 is 1.31 bits per heavy atom. The summed E-state index contributed by atoms with van der Waals surface area (Å²) in [4.78, 5) is 38.7. The van der Waals surface area contributed by atoms with Gasteiger partial charge in [0.2, 0.25) is 11.8 Å². The summed E-state index contributed by atoms with van der Waals surface area (Å²) >= 11 is 0. The highest BCUT2D eigenvalue weighted by molar-refractivity contribution is 5.93. The molecule has 3 N–H and O–H groups in total. The van der Waals surface area contributed by atoms with Crippen molar-refractivity contribution in [2.24, 2.45) is 5.73 Å². The SMILES string of the molecule is NC(=O)C=Cc1c[nH]c2ncc(N3CCN(C(=O)CCCF)CC3)nc12. The third-order valence-corrected chi connectivity index (χ3v) is 4.31. The minimum atomic E-state index is -0.531. The summed E-state index contributed by atoms with van der Waals surface area (Å²) in [7, 11) is 0. The minimum Gasteiger partial charge on any atom is -0.366 e. The molecule has 2 amide bonds. The largest absolute Gasteiger partial charge is 0.366 e. The molecule has 2 aromatic rings. The maximum atomic E-state index is 12.2. The smallest absolute Gasteiger partial charge is 0.241 e. The summed E-state index contributed by atoms with van der Waals surface area (Å²) in [6, 6.07) is 0. The number of halogens is 1. The first-order chi connectivity index (χ1) is 12.6. The zero-order chi connectivity index (χ0) is 18.5. The number of alkyl halides is 1. The van der Waals surface area contributed by atoms with Crippen LogP contribution in [0.3, 0.4) is 0 Å². The van der Waals surface area contributed by atoms with Crippen LogP contribution in [0.25, 0.3) is 17.2 Å². The molecule has 138 valence electrons. The normalized spacial score (nSPS) is 15.1. The quantitative estimate of drug-likeness (QED) is 0.743. The Labute approximate surface area is 149 Å². The van der Waals surface area contributed by atoms with E-state index in [1.165, 1.54) is 6.08 Å². The van der Waals surface area contributed by atoms with E-state index in [1.54, 1.807) is 23.4 Å². The summed E-state index contributed by atoms with van der Waals surface area (Å²) in [5.41, 5.74) is 7.14. The molecule has 0 aromatic carbocycles. The molecule has 1 saturated heterocycles. The fourth-order valence-electron chi connectivity index (χ4n) is 2.91. The number of carbonyl (C=O) groups excluding carboxylic acids is 2. The Bertz CT molecular complexity index is 826. The number of anilines is 1. The Kier molecular flexibility index (Phi) is 5.45. The number of primary amides is 1. The Morgan fingerprint density at radius 2 is 2.08 bits per heavy atom. The van der Waals surface area contributed by atoms with Crippen molar-refractivity contribution in [3.05, 3.63) is 24.0 Å². The Hall–Kier alpha value is -2.97. The number of nitrogens with two attached hydrogens (primary N) is 1. The Morgan fingerprint density at radius 3 is 2.77 bits per heavy atom. The van der Waals surface area contributed by atoms with Crippen LogP contribution >= 0.6 is 0 Å². The number of H-pyrrole nitrogens is 1. The van der Waals surface area contributed by atoms with Crippen LogP contribution in [0.4, 0.5) is 10.2 Å². The van der Waals surface area contributed by atoms with Crippen LogP contribution in [0.15, 0.2) is 18.5 Å². The van der Waals surface area contributed by atoms with E-state index >= 15 is 0 Å². The second-order valence-corrected chi connectivity index (χ2v) is 6.07. The van der Waals surface area contributed by atoms with Crippen molar-refractivity contribution in [3.8, 4) is 0 Å². The van der Waals surface area contributed by atoms with E-state index in [4.69, 9.17) is 5.73 Å². The molecule has 26 heavy (non-hydrogen) atoms. The first-order valence-electron chi connectivity index (χ1n) is 8.49. The van der Waals surface area contributed by atoms with Crippen molar-refractivity contribution in [3.63, 3.8) is 0 Å². The number of rotatable bonds is 6. The molecule has 3 rings (SSSR count). The number of amides is 2. The first kappa shape index (κ1) is 17.8. The van der Waals surface area contributed by atoms with Crippen molar-refractivity contribution < 1.29 is 14.0 Å². The summed E-state index contributed by atoms with van der Waals surface area (Å²) in [6.45, 7) is 1.96.